The largest absolute Gasteiger partial charge is 0.399 e. The zero-order valence-corrected chi connectivity index (χ0v) is 11.5. The van der Waals surface area contributed by atoms with Crippen molar-refractivity contribution < 1.29 is 4.57 Å². The molecule has 1 aromatic heterocycles. The van der Waals surface area contributed by atoms with Gasteiger partial charge in [0.1, 0.15) is 18.1 Å². The van der Waals surface area contributed by atoms with E-state index in [0.717, 1.165) is 29.8 Å². The van der Waals surface area contributed by atoms with Crippen LogP contribution in [0.3, 0.4) is 0 Å². The van der Waals surface area contributed by atoms with Gasteiger partial charge in [0.05, 0.1) is 6.54 Å². The topological polar surface area (TPSA) is 34.8 Å². The fourth-order valence-electron chi connectivity index (χ4n) is 3.09. The van der Waals surface area contributed by atoms with E-state index in [1.165, 1.54) is 19.3 Å². The molecule has 2 aromatic rings. The Kier molecular flexibility index (Phi) is 3.28. The van der Waals surface area contributed by atoms with Gasteiger partial charge in [-0.1, -0.05) is 13.3 Å². The quantitative estimate of drug-likeness (QED) is 0.665. The van der Waals surface area contributed by atoms with Crippen LogP contribution in [0.4, 0.5) is 5.69 Å². The highest BCUT2D eigenvalue weighted by molar-refractivity contribution is 5.44. The molecule has 3 rings (SSSR count). The second kappa shape index (κ2) is 5.08. The average Bonchev–Trinajstić information content (AvgIpc) is 3.00. The number of nitrogens with zero attached hydrogens (tertiary/aromatic N) is 2. The monoisotopic (exact) mass is 256 g/mol. The number of nitrogen functional groups attached to an aromatic ring is 1. The summed E-state index contributed by atoms with van der Waals surface area (Å²) in [5, 5.41) is 0. The van der Waals surface area contributed by atoms with Gasteiger partial charge in [0.15, 0.2) is 0 Å². The van der Waals surface area contributed by atoms with Crippen molar-refractivity contribution in [3.05, 3.63) is 43.0 Å². The zero-order chi connectivity index (χ0) is 13.2. The molecular formula is C16H22N3+. The Hall–Kier alpha value is -1.77. The summed E-state index contributed by atoms with van der Waals surface area (Å²) in [4.78, 5) is 0. The molecule has 0 aliphatic heterocycles. The maximum atomic E-state index is 5.72. The summed E-state index contributed by atoms with van der Waals surface area (Å²) in [5.74, 6) is 1.76. The average molecular weight is 256 g/mol. The Bertz CT molecular complexity index is 541. The lowest BCUT2D eigenvalue weighted by Gasteiger charge is -2.05. The minimum Gasteiger partial charge on any atom is -0.399 e. The fourth-order valence-corrected chi connectivity index (χ4v) is 3.09. The van der Waals surface area contributed by atoms with Crippen LogP contribution in [0.2, 0.25) is 0 Å². The van der Waals surface area contributed by atoms with Crippen LogP contribution < -0.4 is 10.3 Å². The molecule has 1 aliphatic carbocycles. The standard InChI is InChI=1S/C16H22N3/c1-13-2-3-14(10-13)11-18-8-9-19(12-18)16-6-4-15(17)5-7-16/h4-9,12-14H,2-3,10-11,17H2,1H3/q+1. The normalized spacial score (nSPS) is 22.8. The van der Waals surface area contributed by atoms with Gasteiger partial charge in [-0.25, -0.2) is 9.13 Å². The third-order valence-electron chi connectivity index (χ3n) is 4.16. The number of benzene rings is 1. The molecule has 100 valence electrons. The van der Waals surface area contributed by atoms with Crippen LogP contribution in [0.1, 0.15) is 26.2 Å². The molecule has 3 nitrogen and oxygen atoms in total. The van der Waals surface area contributed by atoms with Crippen LogP contribution in [0, 0.1) is 11.8 Å². The molecule has 0 amide bonds. The number of hydrogen-bond acceptors (Lipinski definition) is 1. The molecule has 1 heterocycles. The van der Waals surface area contributed by atoms with E-state index in [-0.39, 0.29) is 0 Å². The number of nitrogens with two attached hydrogens (primary N) is 1. The van der Waals surface area contributed by atoms with Crippen LogP contribution in [-0.2, 0) is 6.54 Å². The van der Waals surface area contributed by atoms with E-state index in [0.29, 0.717) is 0 Å². The maximum absolute atomic E-state index is 5.72. The van der Waals surface area contributed by atoms with Crippen molar-refractivity contribution in [1.82, 2.24) is 4.57 Å². The van der Waals surface area contributed by atoms with Crippen LogP contribution in [-0.4, -0.2) is 4.57 Å². The maximum Gasteiger partial charge on any atom is 0.248 e. The smallest absolute Gasteiger partial charge is 0.248 e. The Labute approximate surface area is 114 Å². The van der Waals surface area contributed by atoms with Gasteiger partial charge < -0.3 is 5.73 Å². The predicted molar refractivity (Wildman–Crippen MR) is 76.9 cm³/mol. The van der Waals surface area contributed by atoms with Gasteiger partial charge in [0.2, 0.25) is 6.33 Å². The summed E-state index contributed by atoms with van der Waals surface area (Å²) < 4.78 is 4.46. The van der Waals surface area contributed by atoms with E-state index >= 15 is 0 Å². The van der Waals surface area contributed by atoms with Crippen molar-refractivity contribution in [2.75, 3.05) is 5.73 Å². The lowest BCUT2D eigenvalue weighted by atomic mass is 10.1. The Morgan fingerprint density at radius 1 is 1.26 bits per heavy atom. The van der Waals surface area contributed by atoms with Gasteiger partial charge in [-0.15, -0.1) is 0 Å². The Morgan fingerprint density at radius 2 is 2.05 bits per heavy atom. The number of imidazole rings is 1. The highest BCUT2D eigenvalue weighted by Crippen LogP contribution is 2.30. The van der Waals surface area contributed by atoms with E-state index < -0.39 is 0 Å². The van der Waals surface area contributed by atoms with Gasteiger partial charge >= 0.3 is 0 Å². The molecule has 0 spiro atoms. The summed E-state index contributed by atoms with van der Waals surface area (Å²) in [6.45, 7) is 3.51. The van der Waals surface area contributed by atoms with E-state index in [4.69, 9.17) is 5.73 Å². The second-order valence-corrected chi connectivity index (χ2v) is 5.89. The molecule has 2 N–H and O–H groups in total. The lowest BCUT2D eigenvalue weighted by molar-refractivity contribution is -0.702. The molecule has 2 unspecified atom stereocenters. The van der Waals surface area contributed by atoms with Crippen molar-refractivity contribution in [2.45, 2.75) is 32.7 Å². The third-order valence-corrected chi connectivity index (χ3v) is 4.16. The van der Waals surface area contributed by atoms with Crippen LogP contribution >= 0.6 is 0 Å². The molecule has 0 radical (unpaired) electrons. The van der Waals surface area contributed by atoms with E-state index in [2.05, 4.69) is 46.9 Å². The lowest BCUT2D eigenvalue weighted by Crippen LogP contribution is -2.34. The Balaban J connectivity index is 1.71. The fraction of sp³-hybridized carbons (Fsp3) is 0.438. The van der Waals surface area contributed by atoms with Crippen LogP contribution in [0.25, 0.3) is 5.69 Å². The van der Waals surface area contributed by atoms with Gasteiger partial charge in [-0.3, -0.25) is 0 Å². The number of anilines is 1. The first-order chi connectivity index (χ1) is 9.20. The zero-order valence-electron chi connectivity index (χ0n) is 11.5. The first kappa shape index (κ1) is 12.3. The first-order valence-corrected chi connectivity index (χ1v) is 7.13. The summed E-state index contributed by atoms with van der Waals surface area (Å²) in [6, 6.07) is 7.99. The predicted octanol–water partition coefficient (Wildman–Crippen LogP) is 2.78. The highest BCUT2D eigenvalue weighted by atomic mass is 15.1. The number of aromatic nitrogens is 2. The Morgan fingerprint density at radius 3 is 2.74 bits per heavy atom. The minimum atomic E-state index is 0.809. The number of rotatable bonds is 3. The molecule has 1 aliphatic rings. The van der Waals surface area contributed by atoms with E-state index in [9.17, 15) is 0 Å². The molecular weight excluding hydrogens is 234 g/mol. The van der Waals surface area contributed by atoms with Gasteiger partial charge in [-0.05, 0) is 48.9 Å². The minimum absolute atomic E-state index is 0.809. The molecule has 0 bridgehead atoms. The SMILES string of the molecule is CC1CCC(C[n+]2ccn(-c3ccc(N)cc3)c2)C1. The highest BCUT2D eigenvalue weighted by Gasteiger charge is 2.23. The second-order valence-electron chi connectivity index (χ2n) is 5.89. The summed E-state index contributed by atoms with van der Waals surface area (Å²) >= 11 is 0. The van der Waals surface area contributed by atoms with Gasteiger partial charge in [-0.2, -0.15) is 0 Å². The van der Waals surface area contributed by atoms with Crippen molar-refractivity contribution in [1.29, 1.82) is 0 Å². The molecule has 1 saturated carbocycles. The van der Waals surface area contributed by atoms with Crippen molar-refractivity contribution >= 4 is 5.69 Å². The summed E-state index contributed by atoms with van der Waals surface area (Å²) in [5.41, 5.74) is 7.69. The van der Waals surface area contributed by atoms with Crippen molar-refractivity contribution in [3.63, 3.8) is 0 Å². The van der Waals surface area contributed by atoms with Gasteiger partial charge in [0, 0.05) is 5.69 Å². The molecule has 2 atom stereocenters. The first-order valence-electron chi connectivity index (χ1n) is 7.13. The molecule has 1 fully saturated rings. The molecule has 1 aromatic carbocycles. The molecule has 19 heavy (non-hydrogen) atoms. The van der Waals surface area contributed by atoms with E-state index in [1.54, 1.807) is 0 Å². The van der Waals surface area contributed by atoms with E-state index in [1.807, 2.05) is 12.1 Å². The summed E-state index contributed by atoms with van der Waals surface area (Å²) in [7, 11) is 0. The van der Waals surface area contributed by atoms with Crippen LogP contribution in [0.5, 0.6) is 0 Å². The van der Waals surface area contributed by atoms with Crippen LogP contribution in [0.15, 0.2) is 43.0 Å². The molecule has 3 heteroatoms. The number of hydrogen-bond donors (Lipinski definition) is 1. The third kappa shape index (κ3) is 2.80. The van der Waals surface area contributed by atoms with Crippen molar-refractivity contribution in [3.8, 4) is 5.69 Å². The van der Waals surface area contributed by atoms with Crippen molar-refractivity contribution in [2.24, 2.45) is 11.8 Å². The molecule has 0 saturated heterocycles. The summed E-state index contributed by atoms with van der Waals surface area (Å²) in [6.07, 6.45) is 10.6. The van der Waals surface area contributed by atoms with Gasteiger partial charge in [0.25, 0.3) is 0 Å².